The van der Waals surface area contributed by atoms with Crippen molar-refractivity contribution in [3.05, 3.63) is 41.6 Å². The van der Waals surface area contributed by atoms with Crippen LogP contribution in [0.2, 0.25) is 0 Å². The van der Waals surface area contributed by atoms with Crippen LogP contribution < -0.4 is 5.73 Å². The van der Waals surface area contributed by atoms with Crippen molar-refractivity contribution in [2.45, 2.75) is 38.8 Å². The molecule has 3 nitrogen and oxygen atoms in total. The van der Waals surface area contributed by atoms with E-state index in [0.29, 0.717) is 18.0 Å². The Morgan fingerprint density at radius 1 is 1.37 bits per heavy atom. The number of nitrogens with two attached hydrogens (primary N) is 1. The zero-order valence-corrected chi connectivity index (χ0v) is 11.2. The molecular weight excluding hydrogens is 241 g/mol. The first kappa shape index (κ1) is 12.4. The van der Waals surface area contributed by atoms with Gasteiger partial charge in [0.15, 0.2) is 0 Å². The number of rotatable bonds is 1. The third-order valence-electron chi connectivity index (χ3n) is 3.81. The summed E-state index contributed by atoms with van der Waals surface area (Å²) in [6.07, 6.45) is 0.938. The average molecular weight is 259 g/mol. The summed E-state index contributed by atoms with van der Waals surface area (Å²) in [5, 5.41) is 0. The summed E-state index contributed by atoms with van der Waals surface area (Å²) in [5.74, 6) is 1.14. The molecule has 1 aliphatic heterocycles. The lowest BCUT2D eigenvalue weighted by Gasteiger charge is -2.27. The van der Waals surface area contributed by atoms with Gasteiger partial charge in [-0.2, -0.15) is 0 Å². The second-order valence-electron chi connectivity index (χ2n) is 5.39. The normalized spacial score (nSPS) is 22.3. The molecule has 0 aliphatic carbocycles. The maximum absolute atomic E-state index is 14.0. The molecule has 0 amide bonds. The minimum absolute atomic E-state index is 0.113. The Kier molecular flexibility index (Phi) is 2.90. The Morgan fingerprint density at radius 3 is 2.84 bits per heavy atom. The minimum Gasteiger partial charge on any atom is -0.326 e. The first-order chi connectivity index (χ1) is 9.08. The Morgan fingerprint density at radius 2 is 2.11 bits per heavy atom. The maximum Gasteiger partial charge on any atom is 0.132 e. The highest BCUT2D eigenvalue weighted by atomic mass is 19.1. The molecule has 2 aromatic rings. The highest BCUT2D eigenvalue weighted by Crippen LogP contribution is 2.34. The molecule has 1 aromatic heterocycles. The van der Waals surface area contributed by atoms with E-state index in [1.54, 1.807) is 12.1 Å². The summed E-state index contributed by atoms with van der Waals surface area (Å²) in [6.45, 7) is 4.78. The fraction of sp³-hybridized carbons (Fsp3) is 0.400. The van der Waals surface area contributed by atoms with Crippen molar-refractivity contribution >= 4 is 0 Å². The third kappa shape index (κ3) is 1.96. The van der Waals surface area contributed by atoms with Gasteiger partial charge in [-0.3, -0.25) is 0 Å². The lowest BCUT2D eigenvalue weighted by molar-refractivity contribution is 0.409. The fourth-order valence-corrected chi connectivity index (χ4v) is 3.02. The van der Waals surface area contributed by atoms with Crippen LogP contribution >= 0.6 is 0 Å². The number of aromatic nitrogens is 2. The van der Waals surface area contributed by atoms with Gasteiger partial charge >= 0.3 is 0 Å². The lowest BCUT2D eigenvalue weighted by Crippen LogP contribution is -2.34. The van der Waals surface area contributed by atoms with E-state index in [4.69, 9.17) is 5.73 Å². The molecule has 2 unspecified atom stereocenters. The van der Waals surface area contributed by atoms with Crippen molar-refractivity contribution in [1.29, 1.82) is 0 Å². The number of imidazole rings is 1. The fourth-order valence-electron chi connectivity index (χ4n) is 3.02. The molecule has 0 bridgehead atoms. The van der Waals surface area contributed by atoms with E-state index >= 15 is 0 Å². The standard InChI is InChI=1S/C15H18FN3/c1-9-7-11(17)8-19-14(10(2)18-15(9)19)12-5-3-4-6-13(12)16/h3-6,9,11H,7-8,17H2,1-2H3. The van der Waals surface area contributed by atoms with Crippen LogP contribution in [0.5, 0.6) is 0 Å². The Labute approximate surface area is 112 Å². The SMILES string of the molecule is Cc1nc2n(c1-c1ccccc1F)CC(N)CC2C. The summed E-state index contributed by atoms with van der Waals surface area (Å²) in [5.41, 5.74) is 8.45. The first-order valence-corrected chi connectivity index (χ1v) is 6.65. The van der Waals surface area contributed by atoms with Crippen LogP contribution in [0, 0.1) is 12.7 Å². The van der Waals surface area contributed by atoms with E-state index in [-0.39, 0.29) is 11.9 Å². The van der Waals surface area contributed by atoms with Gasteiger partial charge in [0, 0.05) is 24.1 Å². The molecule has 100 valence electrons. The zero-order valence-electron chi connectivity index (χ0n) is 11.2. The molecule has 0 radical (unpaired) electrons. The lowest BCUT2D eigenvalue weighted by atomic mass is 9.97. The van der Waals surface area contributed by atoms with Gasteiger partial charge in [0.1, 0.15) is 11.6 Å². The summed E-state index contributed by atoms with van der Waals surface area (Å²) in [4.78, 5) is 4.62. The summed E-state index contributed by atoms with van der Waals surface area (Å²) in [6, 6.07) is 6.96. The van der Waals surface area contributed by atoms with Gasteiger partial charge < -0.3 is 10.3 Å². The first-order valence-electron chi connectivity index (χ1n) is 6.65. The predicted octanol–water partition coefficient (Wildman–Crippen LogP) is 2.83. The molecule has 1 aliphatic rings. The molecule has 19 heavy (non-hydrogen) atoms. The number of benzene rings is 1. The smallest absolute Gasteiger partial charge is 0.132 e. The highest BCUT2D eigenvalue weighted by Gasteiger charge is 2.28. The summed E-state index contributed by atoms with van der Waals surface area (Å²) in [7, 11) is 0. The summed E-state index contributed by atoms with van der Waals surface area (Å²) < 4.78 is 16.1. The van der Waals surface area contributed by atoms with Gasteiger partial charge in [0.2, 0.25) is 0 Å². The van der Waals surface area contributed by atoms with Crippen molar-refractivity contribution in [3.63, 3.8) is 0 Å². The van der Waals surface area contributed by atoms with Gasteiger partial charge in [0.25, 0.3) is 0 Å². The topological polar surface area (TPSA) is 43.8 Å². The molecule has 2 atom stereocenters. The molecule has 0 spiro atoms. The van der Waals surface area contributed by atoms with Crippen molar-refractivity contribution in [2.24, 2.45) is 5.73 Å². The zero-order chi connectivity index (χ0) is 13.6. The van der Waals surface area contributed by atoms with Gasteiger partial charge in [0.05, 0.1) is 11.4 Å². The molecule has 4 heteroatoms. The second-order valence-corrected chi connectivity index (χ2v) is 5.39. The Balaban J connectivity index is 2.21. The molecular formula is C15H18FN3. The van der Waals surface area contributed by atoms with Crippen molar-refractivity contribution in [1.82, 2.24) is 9.55 Å². The van der Waals surface area contributed by atoms with Gasteiger partial charge in [-0.15, -0.1) is 0 Å². The van der Waals surface area contributed by atoms with Crippen LogP contribution in [-0.4, -0.2) is 15.6 Å². The predicted molar refractivity (Wildman–Crippen MR) is 73.4 cm³/mol. The number of hydrogen-bond acceptors (Lipinski definition) is 2. The largest absolute Gasteiger partial charge is 0.326 e. The van der Waals surface area contributed by atoms with E-state index in [2.05, 4.69) is 16.5 Å². The van der Waals surface area contributed by atoms with Gasteiger partial charge in [-0.1, -0.05) is 19.1 Å². The molecule has 0 fully saturated rings. The van der Waals surface area contributed by atoms with Crippen molar-refractivity contribution in [3.8, 4) is 11.3 Å². The molecule has 0 saturated carbocycles. The number of hydrogen-bond donors (Lipinski definition) is 1. The number of aryl methyl sites for hydroxylation is 1. The van der Waals surface area contributed by atoms with Crippen LogP contribution in [-0.2, 0) is 6.54 Å². The quantitative estimate of drug-likeness (QED) is 0.855. The summed E-state index contributed by atoms with van der Waals surface area (Å²) >= 11 is 0. The maximum atomic E-state index is 14.0. The molecule has 2 N–H and O–H groups in total. The Hall–Kier alpha value is -1.68. The number of halogens is 1. The van der Waals surface area contributed by atoms with E-state index in [1.165, 1.54) is 6.07 Å². The number of fused-ring (bicyclic) bond motifs is 1. The third-order valence-corrected chi connectivity index (χ3v) is 3.81. The molecule has 1 aromatic carbocycles. The van der Waals surface area contributed by atoms with Crippen LogP contribution in [0.3, 0.4) is 0 Å². The van der Waals surface area contributed by atoms with E-state index in [9.17, 15) is 4.39 Å². The van der Waals surface area contributed by atoms with Crippen molar-refractivity contribution < 1.29 is 4.39 Å². The van der Waals surface area contributed by atoms with E-state index in [1.807, 2.05) is 13.0 Å². The molecule has 3 rings (SSSR count). The monoisotopic (exact) mass is 259 g/mol. The Bertz CT molecular complexity index is 618. The second kappa shape index (κ2) is 4.46. The van der Waals surface area contributed by atoms with Gasteiger partial charge in [-0.25, -0.2) is 9.37 Å². The van der Waals surface area contributed by atoms with Gasteiger partial charge in [-0.05, 0) is 25.5 Å². The highest BCUT2D eigenvalue weighted by molar-refractivity contribution is 5.64. The van der Waals surface area contributed by atoms with Crippen LogP contribution in [0.25, 0.3) is 11.3 Å². The van der Waals surface area contributed by atoms with E-state index in [0.717, 1.165) is 23.6 Å². The average Bonchev–Trinajstić information content (AvgIpc) is 2.67. The van der Waals surface area contributed by atoms with Crippen LogP contribution in [0.1, 0.15) is 30.8 Å². The molecule has 2 heterocycles. The number of nitrogens with zero attached hydrogens (tertiary/aromatic N) is 2. The van der Waals surface area contributed by atoms with Crippen molar-refractivity contribution in [2.75, 3.05) is 0 Å². The minimum atomic E-state index is -0.208. The van der Waals surface area contributed by atoms with E-state index < -0.39 is 0 Å². The van der Waals surface area contributed by atoms with Crippen LogP contribution in [0.15, 0.2) is 24.3 Å². The molecule has 0 saturated heterocycles. The van der Waals surface area contributed by atoms with Crippen LogP contribution in [0.4, 0.5) is 4.39 Å².